The van der Waals surface area contributed by atoms with Gasteiger partial charge in [0, 0.05) is 28.5 Å². The number of pyridine rings is 1. The number of hydrogen-bond donors (Lipinski definition) is 2. The number of ether oxygens (including phenoxy) is 1. The molecule has 1 heterocycles. The molecule has 0 aliphatic rings. The van der Waals surface area contributed by atoms with Crippen LogP contribution in [0.5, 0.6) is 5.75 Å². The summed E-state index contributed by atoms with van der Waals surface area (Å²) < 4.78 is 46.5. The summed E-state index contributed by atoms with van der Waals surface area (Å²) in [5, 5.41) is 7.35. The zero-order valence-corrected chi connectivity index (χ0v) is 20.2. The highest BCUT2D eigenvalue weighted by atomic mass is 19.4. The molecular weight excluding hydrogens is 463 g/mol. The lowest BCUT2D eigenvalue weighted by molar-refractivity contribution is -0.137. The highest BCUT2D eigenvalue weighted by Crippen LogP contribution is 2.36. The number of nitrogens with zero attached hydrogens (tertiary/aromatic N) is 1. The van der Waals surface area contributed by atoms with Gasteiger partial charge in [-0.15, -0.1) is 0 Å². The maximum Gasteiger partial charge on any atom is 0.416 e. The third-order valence-electron chi connectivity index (χ3n) is 5.79. The van der Waals surface area contributed by atoms with E-state index in [4.69, 9.17) is 4.74 Å². The van der Waals surface area contributed by atoms with Gasteiger partial charge in [-0.25, -0.2) is 0 Å². The van der Waals surface area contributed by atoms with Crippen molar-refractivity contribution >= 4 is 22.3 Å². The Labute approximate surface area is 209 Å². The van der Waals surface area contributed by atoms with E-state index < -0.39 is 11.7 Å². The molecule has 0 spiro atoms. The maximum atomic E-state index is 13.6. The molecule has 188 valence electrons. The second-order valence-electron chi connectivity index (χ2n) is 8.74. The molecule has 4 nitrogen and oxygen atoms in total. The van der Waals surface area contributed by atoms with Crippen molar-refractivity contribution in [2.75, 3.05) is 25.0 Å². The predicted molar refractivity (Wildman–Crippen MR) is 139 cm³/mol. The molecular formula is C29H30F3N3O. The lowest BCUT2D eigenvalue weighted by Crippen LogP contribution is -2.19. The monoisotopic (exact) mass is 493 g/mol. The molecule has 0 aliphatic heterocycles. The molecule has 0 radical (unpaired) electrons. The summed E-state index contributed by atoms with van der Waals surface area (Å²) in [6.45, 7) is 3.80. The number of fused-ring (bicyclic) bond motifs is 1. The number of halogens is 3. The highest BCUT2D eigenvalue weighted by Gasteiger charge is 2.31. The Kier molecular flexibility index (Phi) is 8.44. The standard InChI is InChI=1S/C29H30F3N3O/c1-21-17-28(26-12-5-6-13-27(26)34-21)35-24-18-23(29(30,31)32)19-25(20-24)36-16-8-15-33-14-7-11-22-9-3-2-4-10-22/h2-6,9-10,12-13,17-20,33H,7-8,11,14-16H2,1H3,(H,34,35). The number of nitrogens with one attached hydrogen (secondary N) is 2. The molecule has 4 rings (SSSR count). The van der Waals surface area contributed by atoms with E-state index in [1.807, 2.05) is 55.5 Å². The Morgan fingerprint density at radius 2 is 1.61 bits per heavy atom. The molecule has 3 aromatic carbocycles. The molecule has 0 fully saturated rings. The van der Waals surface area contributed by atoms with Crippen LogP contribution in [0.4, 0.5) is 24.5 Å². The number of hydrogen-bond acceptors (Lipinski definition) is 4. The van der Waals surface area contributed by atoms with E-state index in [0.717, 1.165) is 54.7 Å². The van der Waals surface area contributed by atoms with Crippen LogP contribution < -0.4 is 15.4 Å². The lowest BCUT2D eigenvalue weighted by atomic mass is 10.1. The normalized spacial score (nSPS) is 11.6. The molecule has 2 N–H and O–H groups in total. The highest BCUT2D eigenvalue weighted by molar-refractivity contribution is 5.93. The average molecular weight is 494 g/mol. The first kappa shape index (κ1) is 25.5. The average Bonchev–Trinajstić information content (AvgIpc) is 2.85. The minimum absolute atomic E-state index is 0.187. The van der Waals surface area contributed by atoms with E-state index in [-0.39, 0.29) is 5.75 Å². The van der Waals surface area contributed by atoms with Gasteiger partial charge in [-0.3, -0.25) is 4.98 Å². The van der Waals surface area contributed by atoms with Gasteiger partial charge < -0.3 is 15.4 Å². The molecule has 4 aromatic rings. The molecule has 0 atom stereocenters. The zero-order chi connectivity index (χ0) is 25.4. The van der Waals surface area contributed by atoms with Crippen molar-refractivity contribution in [2.45, 2.75) is 32.4 Å². The molecule has 7 heteroatoms. The van der Waals surface area contributed by atoms with Crippen molar-refractivity contribution in [1.82, 2.24) is 10.3 Å². The summed E-state index contributed by atoms with van der Waals surface area (Å²) in [4.78, 5) is 4.49. The topological polar surface area (TPSA) is 46.2 Å². The maximum absolute atomic E-state index is 13.6. The van der Waals surface area contributed by atoms with E-state index in [0.29, 0.717) is 24.4 Å². The van der Waals surface area contributed by atoms with E-state index in [1.165, 1.54) is 5.56 Å². The molecule has 0 saturated heterocycles. The Bertz CT molecular complexity index is 1280. The summed E-state index contributed by atoms with van der Waals surface area (Å²) in [5.74, 6) is 0.187. The van der Waals surface area contributed by atoms with Gasteiger partial charge in [0.15, 0.2) is 0 Å². The Hall–Kier alpha value is -3.58. The molecule has 0 aliphatic carbocycles. The Morgan fingerprint density at radius 1 is 0.861 bits per heavy atom. The quantitative estimate of drug-likeness (QED) is 0.215. The molecule has 0 saturated carbocycles. The van der Waals surface area contributed by atoms with Gasteiger partial charge in [0.1, 0.15) is 5.75 Å². The van der Waals surface area contributed by atoms with Crippen molar-refractivity contribution in [3.63, 3.8) is 0 Å². The second-order valence-corrected chi connectivity index (χ2v) is 8.74. The van der Waals surface area contributed by atoms with Crippen LogP contribution in [0, 0.1) is 6.92 Å². The van der Waals surface area contributed by atoms with Crippen molar-refractivity contribution in [3.8, 4) is 5.75 Å². The summed E-state index contributed by atoms with van der Waals surface area (Å²) in [7, 11) is 0. The number of anilines is 2. The first-order chi connectivity index (χ1) is 17.4. The SMILES string of the molecule is Cc1cc(Nc2cc(OCCCNCCCc3ccccc3)cc(C(F)(F)F)c2)c2ccccc2n1. The summed E-state index contributed by atoms with van der Waals surface area (Å²) in [6, 6.07) is 23.4. The van der Waals surface area contributed by atoms with Crippen LogP contribution in [-0.4, -0.2) is 24.7 Å². The second kappa shape index (κ2) is 11.9. The summed E-state index contributed by atoms with van der Waals surface area (Å²) in [6.07, 6.45) is -1.75. The van der Waals surface area contributed by atoms with Crippen molar-refractivity contribution in [3.05, 3.63) is 95.7 Å². The Morgan fingerprint density at radius 3 is 2.42 bits per heavy atom. The molecule has 0 unspecified atom stereocenters. The van der Waals surface area contributed by atoms with Crippen LogP contribution in [0.25, 0.3) is 10.9 Å². The van der Waals surface area contributed by atoms with Crippen LogP contribution >= 0.6 is 0 Å². The zero-order valence-electron chi connectivity index (χ0n) is 20.2. The molecule has 0 amide bonds. The van der Waals surface area contributed by atoms with Gasteiger partial charge in [0.25, 0.3) is 0 Å². The first-order valence-corrected chi connectivity index (χ1v) is 12.1. The van der Waals surface area contributed by atoms with Crippen LogP contribution in [0.1, 0.15) is 29.7 Å². The Balaban J connectivity index is 1.35. The fraction of sp³-hybridized carbons (Fsp3) is 0.276. The van der Waals surface area contributed by atoms with Crippen molar-refractivity contribution < 1.29 is 17.9 Å². The van der Waals surface area contributed by atoms with Crippen molar-refractivity contribution in [2.24, 2.45) is 0 Å². The van der Waals surface area contributed by atoms with Crippen molar-refractivity contribution in [1.29, 1.82) is 0 Å². The van der Waals surface area contributed by atoms with Crippen LogP contribution in [-0.2, 0) is 12.6 Å². The number of alkyl halides is 3. The largest absolute Gasteiger partial charge is 0.493 e. The van der Waals surface area contributed by atoms with Gasteiger partial charge in [0.05, 0.1) is 17.7 Å². The fourth-order valence-electron chi connectivity index (χ4n) is 4.06. The van der Waals surface area contributed by atoms with E-state index in [2.05, 4.69) is 27.8 Å². The van der Waals surface area contributed by atoms with Crippen LogP contribution in [0.2, 0.25) is 0 Å². The van der Waals surface area contributed by atoms with Gasteiger partial charge in [0.2, 0.25) is 0 Å². The van der Waals surface area contributed by atoms with Crippen LogP contribution in [0.3, 0.4) is 0 Å². The summed E-state index contributed by atoms with van der Waals surface area (Å²) in [5.41, 5.74) is 3.12. The van der Waals surface area contributed by atoms with Gasteiger partial charge in [-0.05, 0) is 69.1 Å². The minimum Gasteiger partial charge on any atom is -0.493 e. The molecule has 0 bridgehead atoms. The van der Waals surface area contributed by atoms with Gasteiger partial charge in [-0.2, -0.15) is 13.2 Å². The van der Waals surface area contributed by atoms with E-state index in [1.54, 1.807) is 6.07 Å². The van der Waals surface area contributed by atoms with E-state index in [9.17, 15) is 13.2 Å². The first-order valence-electron chi connectivity index (χ1n) is 12.1. The van der Waals surface area contributed by atoms with E-state index >= 15 is 0 Å². The fourth-order valence-corrected chi connectivity index (χ4v) is 4.06. The lowest BCUT2D eigenvalue weighted by Gasteiger charge is -2.16. The molecule has 36 heavy (non-hydrogen) atoms. The number of benzene rings is 3. The number of para-hydroxylation sites is 1. The third-order valence-corrected chi connectivity index (χ3v) is 5.79. The number of aromatic nitrogens is 1. The number of aryl methyl sites for hydroxylation is 2. The summed E-state index contributed by atoms with van der Waals surface area (Å²) >= 11 is 0. The van der Waals surface area contributed by atoms with Gasteiger partial charge in [-0.1, -0.05) is 48.5 Å². The third kappa shape index (κ3) is 7.21. The van der Waals surface area contributed by atoms with Gasteiger partial charge >= 0.3 is 6.18 Å². The smallest absolute Gasteiger partial charge is 0.416 e. The predicted octanol–water partition coefficient (Wildman–Crippen LogP) is 7.30. The minimum atomic E-state index is -4.48. The molecule has 1 aromatic heterocycles. The van der Waals surface area contributed by atoms with Crippen LogP contribution in [0.15, 0.2) is 78.9 Å². The number of rotatable bonds is 11.